The molecule has 0 atom stereocenters. The Kier molecular flexibility index (Phi) is 6.80. The number of nitrogens with zero attached hydrogens (tertiary/aromatic N) is 3. The van der Waals surface area contributed by atoms with Gasteiger partial charge in [-0.2, -0.15) is 0 Å². The van der Waals surface area contributed by atoms with Crippen molar-refractivity contribution in [3.8, 4) is 11.1 Å². The number of carbonyl (C=O) groups is 1. The molecule has 0 spiro atoms. The van der Waals surface area contributed by atoms with Gasteiger partial charge in [-0.1, -0.05) is 0 Å². The van der Waals surface area contributed by atoms with Crippen LogP contribution in [-0.4, -0.2) is 34.0 Å². The Morgan fingerprint density at radius 2 is 1.68 bits per heavy atom. The zero-order valence-corrected chi connectivity index (χ0v) is 20.5. The van der Waals surface area contributed by atoms with E-state index in [1.165, 1.54) is 35.6 Å². The summed E-state index contributed by atoms with van der Waals surface area (Å²) in [4.78, 5) is 22.4. The third-order valence-electron chi connectivity index (χ3n) is 4.93. The summed E-state index contributed by atoms with van der Waals surface area (Å²) in [6.07, 6.45) is 3.43. The van der Waals surface area contributed by atoms with E-state index in [0.29, 0.717) is 22.2 Å². The molecule has 3 aromatic rings. The summed E-state index contributed by atoms with van der Waals surface area (Å²) in [6.45, 7) is 12.4. The van der Waals surface area contributed by atoms with Gasteiger partial charge in [0.2, 0.25) is 0 Å². The molecule has 0 radical (unpaired) electrons. The Morgan fingerprint density at radius 1 is 1.00 bits per heavy atom. The third-order valence-corrected chi connectivity index (χ3v) is 4.93. The summed E-state index contributed by atoms with van der Waals surface area (Å²) in [5.41, 5.74) is 5.60. The maximum absolute atomic E-state index is 15.1. The van der Waals surface area contributed by atoms with Crippen LogP contribution >= 0.6 is 0 Å². The predicted molar refractivity (Wildman–Crippen MR) is 128 cm³/mol. The lowest BCUT2D eigenvalue weighted by Crippen LogP contribution is -2.40. The fourth-order valence-electron chi connectivity index (χ4n) is 3.30. The Labute approximate surface area is 197 Å². The van der Waals surface area contributed by atoms with Crippen LogP contribution in [0.25, 0.3) is 21.9 Å². The summed E-state index contributed by atoms with van der Waals surface area (Å²) >= 11 is 0. The second-order valence-electron chi connectivity index (χ2n) is 10.0. The number of carbonyl (C=O) groups excluding carboxylic acids is 1. The van der Waals surface area contributed by atoms with Gasteiger partial charge >= 0.3 is 6.09 Å². The van der Waals surface area contributed by atoms with Gasteiger partial charge in [-0.3, -0.25) is 9.88 Å². The molecule has 0 saturated heterocycles. The first-order chi connectivity index (χ1) is 15.7. The van der Waals surface area contributed by atoms with Crippen molar-refractivity contribution in [3.63, 3.8) is 0 Å². The molecule has 9 heteroatoms. The summed E-state index contributed by atoms with van der Waals surface area (Å²) < 4.78 is 41.4. The van der Waals surface area contributed by atoms with Crippen LogP contribution in [0.1, 0.15) is 47.1 Å². The SMILES string of the molecule is Cc1c(-c2cc3cc(N)ncc3c(F)c2F)cncc1N(COC(C)(C)C)C(=O)OC(C)(C)C. The van der Waals surface area contributed by atoms with E-state index in [-0.39, 0.29) is 23.5 Å². The molecule has 0 bridgehead atoms. The van der Waals surface area contributed by atoms with Gasteiger partial charge in [0.1, 0.15) is 18.1 Å². The molecule has 2 N–H and O–H groups in total. The van der Waals surface area contributed by atoms with Crippen LogP contribution in [0.4, 0.5) is 25.1 Å². The fourth-order valence-corrected chi connectivity index (χ4v) is 3.30. The van der Waals surface area contributed by atoms with E-state index in [1.54, 1.807) is 27.7 Å². The van der Waals surface area contributed by atoms with E-state index in [9.17, 15) is 9.18 Å². The number of aromatic nitrogens is 2. The number of hydrogen-bond acceptors (Lipinski definition) is 6. The van der Waals surface area contributed by atoms with E-state index in [0.717, 1.165) is 0 Å². The number of amides is 1. The largest absolute Gasteiger partial charge is 0.443 e. The average Bonchev–Trinajstić information content (AvgIpc) is 2.70. The van der Waals surface area contributed by atoms with Crippen LogP contribution in [0.2, 0.25) is 0 Å². The molecule has 2 aromatic heterocycles. The maximum atomic E-state index is 15.1. The Hall–Kier alpha value is -3.33. The molecule has 0 aliphatic heterocycles. The minimum Gasteiger partial charge on any atom is -0.443 e. The van der Waals surface area contributed by atoms with Crippen LogP contribution in [0, 0.1) is 18.6 Å². The monoisotopic (exact) mass is 472 g/mol. The lowest BCUT2D eigenvalue weighted by Gasteiger charge is -2.31. The molecule has 0 unspecified atom stereocenters. The number of ether oxygens (including phenoxy) is 2. The minimum absolute atomic E-state index is 0.0108. The number of hydrogen-bond donors (Lipinski definition) is 1. The molecule has 3 rings (SSSR count). The van der Waals surface area contributed by atoms with Crippen LogP contribution in [0.5, 0.6) is 0 Å². The van der Waals surface area contributed by atoms with Crippen LogP contribution in [0.15, 0.2) is 30.7 Å². The first kappa shape index (κ1) is 25.3. The summed E-state index contributed by atoms with van der Waals surface area (Å²) in [6, 6.07) is 2.96. The van der Waals surface area contributed by atoms with Crippen molar-refractivity contribution in [2.24, 2.45) is 0 Å². The van der Waals surface area contributed by atoms with Gasteiger partial charge in [0, 0.05) is 28.9 Å². The highest BCUT2D eigenvalue weighted by Crippen LogP contribution is 2.36. The van der Waals surface area contributed by atoms with E-state index in [4.69, 9.17) is 15.2 Å². The topological polar surface area (TPSA) is 90.6 Å². The van der Waals surface area contributed by atoms with Gasteiger partial charge in [-0.05, 0) is 71.5 Å². The molecule has 2 heterocycles. The summed E-state index contributed by atoms with van der Waals surface area (Å²) in [7, 11) is 0. The molecular formula is C25H30F2N4O3. The predicted octanol–water partition coefficient (Wildman–Crippen LogP) is 5.98. The first-order valence-corrected chi connectivity index (χ1v) is 10.8. The number of pyridine rings is 2. The van der Waals surface area contributed by atoms with Crippen molar-refractivity contribution in [2.45, 2.75) is 59.7 Å². The van der Waals surface area contributed by atoms with Gasteiger partial charge in [0.25, 0.3) is 0 Å². The van der Waals surface area contributed by atoms with Crippen molar-refractivity contribution in [1.29, 1.82) is 0 Å². The molecule has 0 aliphatic rings. The van der Waals surface area contributed by atoms with Crippen molar-refractivity contribution < 1.29 is 23.0 Å². The Balaban J connectivity index is 2.15. The quantitative estimate of drug-likeness (QED) is 0.470. The van der Waals surface area contributed by atoms with Crippen LogP contribution in [0.3, 0.4) is 0 Å². The number of nitrogen functional groups attached to an aromatic ring is 1. The fraction of sp³-hybridized carbons (Fsp3) is 0.400. The number of halogens is 2. The minimum atomic E-state index is -1.05. The standard InChI is InChI=1S/C25H30F2N4O3/c1-14-17(16-8-15-9-20(28)30-11-18(15)22(27)21(16)26)10-29-12-19(14)31(13-33-24(2,3)4)23(32)34-25(5,6)7/h8-12H,13H2,1-7H3,(H2,28,30). The van der Waals surface area contributed by atoms with Gasteiger partial charge in [-0.25, -0.2) is 18.6 Å². The molecule has 0 saturated carbocycles. The first-order valence-electron chi connectivity index (χ1n) is 10.8. The van der Waals surface area contributed by atoms with E-state index in [1.807, 2.05) is 20.8 Å². The normalized spacial score (nSPS) is 12.1. The number of rotatable bonds is 4. The lowest BCUT2D eigenvalue weighted by atomic mass is 9.98. The second kappa shape index (κ2) is 9.13. The molecular weight excluding hydrogens is 442 g/mol. The highest BCUT2D eigenvalue weighted by atomic mass is 19.2. The zero-order chi connectivity index (χ0) is 25.4. The number of benzene rings is 1. The third kappa shape index (κ3) is 5.59. The number of fused-ring (bicyclic) bond motifs is 1. The lowest BCUT2D eigenvalue weighted by molar-refractivity contribution is -0.00753. The average molecular weight is 473 g/mol. The van der Waals surface area contributed by atoms with Crippen molar-refractivity contribution in [1.82, 2.24) is 9.97 Å². The number of nitrogens with two attached hydrogens (primary N) is 1. The van der Waals surface area contributed by atoms with Crippen LogP contribution < -0.4 is 10.6 Å². The van der Waals surface area contributed by atoms with Gasteiger partial charge in [0.05, 0.1) is 17.5 Å². The number of anilines is 2. The van der Waals surface area contributed by atoms with Crippen molar-refractivity contribution in [3.05, 3.63) is 47.9 Å². The second-order valence-corrected chi connectivity index (χ2v) is 10.0. The van der Waals surface area contributed by atoms with E-state index >= 15 is 4.39 Å². The van der Waals surface area contributed by atoms with E-state index in [2.05, 4.69) is 9.97 Å². The molecule has 0 aliphatic carbocycles. The van der Waals surface area contributed by atoms with Crippen LogP contribution in [-0.2, 0) is 9.47 Å². The summed E-state index contributed by atoms with van der Waals surface area (Å²) in [5.74, 6) is -1.90. The van der Waals surface area contributed by atoms with Gasteiger partial charge < -0.3 is 15.2 Å². The summed E-state index contributed by atoms with van der Waals surface area (Å²) in [5, 5.41) is 0.414. The Bertz CT molecular complexity index is 1230. The molecule has 1 aromatic carbocycles. The molecule has 0 fully saturated rings. The van der Waals surface area contributed by atoms with E-state index < -0.39 is 28.9 Å². The smallest absolute Gasteiger partial charge is 0.416 e. The van der Waals surface area contributed by atoms with Gasteiger partial charge in [0.15, 0.2) is 11.6 Å². The van der Waals surface area contributed by atoms with Crippen molar-refractivity contribution in [2.75, 3.05) is 17.4 Å². The highest BCUT2D eigenvalue weighted by Gasteiger charge is 2.28. The molecule has 34 heavy (non-hydrogen) atoms. The zero-order valence-electron chi connectivity index (χ0n) is 20.5. The maximum Gasteiger partial charge on any atom is 0.416 e. The Morgan fingerprint density at radius 3 is 2.29 bits per heavy atom. The highest BCUT2D eigenvalue weighted by molar-refractivity contribution is 5.93. The molecule has 182 valence electrons. The van der Waals surface area contributed by atoms with Crippen molar-refractivity contribution >= 4 is 28.4 Å². The molecule has 1 amide bonds. The molecule has 7 nitrogen and oxygen atoms in total. The van der Waals surface area contributed by atoms with Gasteiger partial charge in [-0.15, -0.1) is 0 Å².